The maximum atomic E-state index is 5.76. The molecule has 2 nitrogen and oxygen atoms in total. The predicted molar refractivity (Wildman–Crippen MR) is 62.5 cm³/mol. The molecular formula is C12H24N2. The molecule has 14 heavy (non-hydrogen) atoms. The lowest BCUT2D eigenvalue weighted by atomic mass is 10.0. The summed E-state index contributed by atoms with van der Waals surface area (Å²) in [7, 11) is 0. The number of rotatable bonds is 5. The average Bonchev–Trinajstić information content (AvgIpc) is 2.64. The normalized spacial score (nSPS) is 19.5. The van der Waals surface area contributed by atoms with Crippen LogP contribution < -0.4 is 5.73 Å². The SMILES string of the molecule is CC(C)C(N)=NCCCC1CCCC1. The zero-order valence-corrected chi connectivity index (χ0v) is 9.63. The molecule has 82 valence electrons. The first-order chi connectivity index (χ1) is 6.70. The van der Waals surface area contributed by atoms with Crippen LogP contribution in [0.3, 0.4) is 0 Å². The summed E-state index contributed by atoms with van der Waals surface area (Å²) in [5, 5.41) is 0. The maximum Gasteiger partial charge on any atom is 0.0962 e. The van der Waals surface area contributed by atoms with Gasteiger partial charge in [-0.05, 0) is 18.8 Å². The van der Waals surface area contributed by atoms with Crippen LogP contribution in [0.15, 0.2) is 4.99 Å². The van der Waals surface area contributed by atoms with Crippen molar-refractivity contribution in [3.05, 3.63) is 0 Å². The molecule has 1 fully saturated rings. The van der Waals surface area contributed by atoms with Gasteiger partial charge in [0.15, 0.2) is 0 Å². The van der Waals surface area contributed by atoms with Crippen molar-refractivity contribution in [1.82, 2.24) is 0 Å². The van der Waals surface area contributed by atoms with Crippen LogP contribution >= 0.6 is 0 Å². The van der Waals surface area contributed by atoms with E-state index in [9.17, 15) is 0 Å². The van der Waals surface area contributed by atoms with Crippen LogP contribution in [0.4, 0.5) is 0 Å². The highest BCUT2D eigenvalue weighted by molar-refractivity contribution is 5.82. The Labute approximate surface area is 88.0 Å². The Morgan fingerprint density at radius 2 is 2.00 bits per heavy atom. The van der Waals surface area contributed by atoms with Gasteiger partial charge in [0.25, 0.3) is 0 Å². The molecule has 1 saturated carbocycles. The zero-order chi connectivity index (χ0) is 10.4. The highest BCUT2D eigenvalue weighted by Crippen LogP contribution is 2.28. The second-order valence-corrected chi connectivity index (χ2v) is 4.75. The van der Waals surface area contributed by atoms with Gasteiger partial charge in [0.2, 0.25) is 0 Å². The van der Waals surface area contributed by atoms with E-state index in [2.05, 4.69) is 18.8 Å². The first-order valence-electron chi connectivity index (χ1n) is 6.00. The Kier molecular flexibility index (Phi) is 4.99. The first kappa shape index (κ1) is 11.5. The third-order valence-electron chi connectivity index (χ3n) is 3.13. The van der Waals surface area contributed by atoms with E-state index in [0.29, 0.717) is 5.92 Å². The largest absolute Gasteiger partial charge is 0.387 e. The molecule has 0 aromatic heterocycles. The van der Waals surface area contributed by atoms with Crippen LogP contribution in [0.1, 0.15) is 52.4 Å². The van der Waals surface area contributed by atoms with E-state index >= 15 is 0 Å². The summed E-state index contributed by atoms with van der Waals surface area (Å²) in [5.41, 5.74) is 5.76. The second kappa shape index (κ2) is 6.05. The predicted octanol–water partition coefficient (Wildman–Crippen LogP) is 2.97. The third kappa shape index (κ3) is 4.12. The van der Waals surface area contributed by atoms with Crippen molar-refractivity contribution in [3.8, 4) is 0 Å². The zero-order valence-electron chi connectivity index (χ0n) is 9.63. The number of hydrogen-bond acceptors (Lipinski definition) is 1. The van der Waals surface area contributed by atoms with Gasteiger partial charge in [0, 0.05) is 12.5 Å². The molecule has 0 saturated heterocycles. The topological polar surface area (TPSA) is 38.4 Å². The fraction of sp³-hybridized carbons (Fsp3) is 0.917. The van der Waals surface area contributed by atoms with Crippen molar-refractivity contribution in [2.45, 2.75) is 52.4 Å². The molecule has 0 aromatic rings. The summed E-state index contributed by atoms with van der Waals surface area (Å²) in [6.45, 7) is 5.12. The van der Waals surface area contributed by atoms with Crippen molar-refractivity contribution in [2.24, 2.45) is 22.6 Å². The van der Waals surface area contributed by atoms with E-state index in [1.807, 2.05) is 0 Å². The van der Waals surface area contributed by atoms with E-state index in [0.717, 1.165) is 18.3 Å². The fourth-order valence-electron chi connectivity index (χ4n) is 2.07. The van der Waals surface area contributed by atoms with Crippen molar-refractivity contribution >= 4 is 5.84 Å². The van der Waals surface area contributed by atoms with Gasteiger partial charge in [-0.2, -0.15) is 0 Å². The molecule has 1 rings (SSSR count). The molecule has 0 radical (unpaired) electrons. The van der Waals surface area contributed by atoms with Gasteiger partial charge in [0.05, 0.1) is 5.84 Å². The number of nitrogens with zero attached hydrogens (tertiary/aromatic N) is 1. The van der Waals surface area contributed by atoms with Crippen LogP contribution in [-0.4, -0.2) is 12.4 Å². The molecule has 0 heterocycles. The highest BCUT2D eigenvalue weighted by atomic mass is 14.8. The Hall–Kier alpha value is -0.530. The van der Waals surface area contributed by atoms with Gasteiger partial charge in [-0.3, -0.25) is 4.99 Å². The average molecular weight is 196 g/mol. The van der Waals surface area contributed by atoms with E-state index < -0.39 is 0 Å². The van der Waals surface area contributed by atoms with Gasteiger partial charge in [-0.15, -0.1) is 0 Å². The van der Waals surface area contributed by atoms with E-state index in [1.165, 1.54) is 38.5 Å². The molecule has 0 bridgehead atoms. The molecule has 0 aliphatic heterocycles. The molecule has 2 heteroatoms. The molecule has 0 spiro atoms. The smallest absolute Gasteiger partial charge is 0.0962 e. The minimum Gasteiger partial charge on any atom is -0.387 e. The second-order valence-electron chi connectivity index (χ2n) is 4.75. The molecule has 0 amide bonds. The lowest BCUT2D eigenvalue weighted by Crippen LogP contribution is -2.19. The first-order valence-corrected chi connectivity index (χ1v) is 6.00. The van der Waals surface area contributed by atoms with E-state index in [1.54, 1.807) is 0 Å². The molecule has 1 aliphatic carbocycles. The Bertz CT molecular complexity index is 179. The van der Waals surface area contributed by atoms with Gasteiger partial charge in [-0.25, -0.2) is 0 Å². The molecule has 0 aromatic carbocycles. The third-order valence-corrected chi connectivity index (χ3v) is 3.13. The summed E-state index contributed by atoms with van der Waals surface area (Å²) in [4.78, 5) is 4.38. The van der Waals surface area contributed by atoms with E-state index in [4.69, 9.17) is 5.73 Å². The summed E-state index contributed by atoms with van der Waals surface area (Å²) >= 11 is 0. The molecule has 0 unspecified atom stereocenters. The lowest BCUT2D eigenvalue weighted by molar-refractivity contribution is 0.488. The summed E-state index contributed by atoms with van der Waals surface area (Å²) in [6.07, 6.45) is 8.36. The van der Waals surface area contributed by atoms with Gasteiger partial charge >= 0.3 is 0 Å². The molecule has 0 atom stereocenters. The number of nitrogens with two attached hydrogens (primary N) is 1. The van der Waals surface area contributed by atoms with Crippen molar-refractivity contribution in [1.29, 1.82) is 0 Å². The van der Waals surface area contributed by atoms with Crippen molar-refractivity contribution in [3.63, 3.8) is 0 Å². The summed E-state index contributed by atoms with van der Waals surface area (Å²) in [6, 6.07) is 0. The van der Waals surface area contributed by atoms with Crippen molar-refractivity contribution in [2.75, 3.05) is 6.54 Å². The monoisotopic (exact) mass is 196 g/mol. The van der Waals surface area contributed by atoms with Crippen LogP contribution in [0.25, 0.3) is 0 Å². The number of amidine groups is 1. The fourth-order valence-corrected chi connectivity index (χ4v) is 2.07. The Morgan fingerprint density at radius 1 is 1.36 bits per heavy atom. The van der Waals surface area contributed by atoms with Crippen LogP contribution in [0, 0.1) is 11.8 Å². The van der Waals surface area contributed by atoms with Gasteiger partial charge < -0.3 is 5.73 Å². The Balaban J connectivity index is 2.06. The van der Waals surface area contributed by atoms with Crippen LogP contribution in [0.2, 0.25) is 0 Å². The number of hydrogen-bond donors (Lipinski definition) is 1. The van der Waals surface area contributed by atoms with Crippen LogP contribution in [0.5, 0.6) is 0 Å². The minimum atomic E-state index is 0.404. The Morgan fingerprint density at radius 3 is 2.57 bits per heavy atom. The molecule has 2 N–H and O–H groups in total. The quantitative estimate of drug-likeness (QED) is 0.410. The molecular weight excluding hydrogens is 172 g/mol. The summed E-state index contributed by atoms with van der Waals surface area (Å²) in [5.74, 6) is 2.21. The minimum absolute atomic E-state index is 0.404. The van der Waals surface area contributed by atoms with Gasteiger partial charge in [-0.1, -0.05) is 39.5 Å². The maximum absolute atomic E-state index is 5.76. The van der Waals surface area contributed by atoms with E-state index in [-0.39, 0.29) is 0 Å². The van der Waals surface area contributed by atoms with Crippen molar-refractivity contribution < 1.29 is 0 Å². The standard InChI is InChI=1S/C12H24N2/c1-10(2)12(13)14-9-5-8-11-6-3-4-7-11/h10-11H,3-9H2,1-2H3,(H2,13,14). The highest BCUT2D eigenvalue weighted by Gasteiger charge is 2.13. The lowest BCUT2D eigenvalue weighted by Gasteiger charge is -2.07. The summed E-state index contributed by atoms with van der Waals surface area (Å²) < 4.78 is 0. The molecule has 1 aliphatic rings. The number of aliphatic imine (C=N–C) groups is 1. The van der Waals surface area contributed by atoms with Gasteiger partial charge in [0.1, 0.15) is 0 Å². The van der Waals surface area contributed by atoms with Crippen LogP contribution in [-0.2, 0) is 0 Å².